The molecule has 0 aromatic carbocycles. The van der Waals surface area contributed by atoms with Crippen molar-refractivity contribution in [3.8, 4) is 0 Å². The molecule has 0 aliphatic heterocycles. The van der Waals surface area contributed by atoms with Crippen molar-refractivity contribution < 1.29 is 4.79 Å². The number of hydrogen-bond donors (Lipinski definition) is 1. The van der Waals surface area contributed by atoms with Gasteiger partial charge in [-0.05, 0) is 43.9 Å². The van der Waals surface area contributed by atoms with Gasteiger partial charge in [-0.3, -0.25) is 15.7 Å². The molecule has 1 aliphatic carbocycles. The van der Waals surface area contributed by atoms with E-state index in [2.05, 4.69) is 24.3 Å². The Kier molecular flexibility index (Phi) is 5.16. The fourth-order valence-corrected chi connectivity index (χ4v) is 3.28. The van der Waals surface area contributed by atoms with Crippen LogP contribution in [0.1, 0.15) is 33.6 Å². The van der Waals surface area contributed by atoms with Crippen molar-refractivity contribution in [1.29, 1.82) is 0 Å². The van der Waals surface area contributed by atoms with Crippen LogP contribution in [-0.2, 0) is 4.79 Å². The minimum absolute atomic E-state index is 0.0852. The molecule has 0 aromatic rings. The summed E-state index contributed by atoms with van der Waals surface area (Å²) in [5, 5.41) is 0. The highest BCUT2D eigenvalue weighted by molar-refractivity contribution is 8.15. The fraction of sp³-hybridized carbons (Fsp3) is 0.923. The molecular weight excluding hydrogens is 218 g/mol. The zero-order valence-corrected chi connectivity index (χ0v) is 12.3. The minimum Gasteiger partial charge on any atom is -0.339 e. The first-order chi connectivity index (χ1) is 7.41. The number of thiol groups is 1. The number of nitrogens with zero attached hydrogens (tertiary/aromatic N) is 1. The highest BCUT2D eigenvalue weighted by atomic mass is 32.2. The molecule has 1 atom stereocenters. The molecule has 0 radical (unpaired) electrons. The summed E-state index contributed by atoms with van der Waals surface area (Å²) in [6, 6.07) is 0.427. The molecule has 0 spiro atoms. The van der Waals surface area contributed by atoms with Crippen LogP contribution in [0, 0.1) is 11.8 Å². The van der Waals surface area contributed by atoms with Crippen molar-refractivity contribution in [2.24, 2.45) is 11.8 Å². The van der Waals surface area contributed by atoms with Crippen LogP contribution in [0.15, 0.2) is 0 Å². The Labute approximate surface area is 103 Å². The molecule has 1 rings (SSSR count). The Balaban J connectivity index is 2.57. The van der Waals surface area contributed by atoms with Crippen molar-refractivity contribution in [3.05, 3.63) is 0 Å². The highest BCUT2D eigenvalue weighted by Crippen LogP contribution is 2.31. The molecule has 16 heavy (non-hydrogen) atoms. The van der Waals surface area contributed by atoms with Gasteiger partial charge in [0, 0.05) is 18.5 Å². The zero-order valence-electron chi connectivity index (χ0n) is 11.4. The second-order valence-corrected chi connectivity index (χ2v) is 8.22. The van der Waals surface area contributed by atoms with E-state index in [-0.39, 0.29) is 16.8 Å². The lowest BCUT2D eigenvalue weighted by Gasteiger charge is -2.32. The molecule has 0 heterocycles. The third-order valence-electron chi connectivity index (χ3n) is 3.09. The maximum Gasteiger partial charge on any atom is 0.225 e. The molecule has 1 saturated carbocycles. The van der Waals surface area contributed by atoms with Crippen LogP contribution in [0.25, 0.3) is 0 Å². The lowest BCUT2D eigenvalue weighted by Crippen LogP contribution is -2.43. The van der Waals surface area contributed by atoms with Gasteiger partial charge in [0.1, 0.15) is 0 Å². The van der Waals surface area contributed by atoms with Crippen LogP contribution in [0.5, 0.6) is 0 Å². The molecule has 1 amide bonds. The van der Waals surface area contributed by atoms with E-state index in [0.29, 0.717) is 11.9 Å². The van der Waals surface area contributed by atoms with Crippen LogP contribution in [0.3, 0.4) is 0 Å². The average Bonchev–Trinajstić information content (AvgIpc) is 2.95. The van der Waals surface area contributed by atoms with Gasteiger partial charge in [0.2, 0.25) is 5.91 Å². The first-order valence-corrected chi connectivity index (χ1v) is 8.79. The molecule has 96 valence electrons. The predicted octanol–water partition coefficient (Wildman–Crippen LogP) is 2.53. The van der Waals surface area contributed by atoms with Crippen molar-refractivity contribution in [2.75, 3.05) is 24.8 Å². The summed E-state index contributed by atoms with van der Waals surface area (Å²) in [7, 11) is 0.0852. The Hall–Kier alpha value is -0.180. The maximum atomic E-state index is 12.2. The van der Waals surface area contributed by atoms with Gasteiger partial charge in [-0.25, -0.2) is 0 Å². The van der Waals surface area contributed by atoms with E-state index in [4.69, 9.17) is 0 Å². The minimum atomic E-state index is 0.0852. The Morgan fingerprint density at radius 2 is 1.88 bits per heavy atom. The fourth-order valence-electron chi connectivity index (χ4n) is 2.02. The van der Waals surface area contributed by atoms with E-state index in [9.17, 15) is 4.79 Å². The van der Waals surface area contributed by atoms with Gasteiger partial charge in [0.25, 0.3) is 0 Å². The molecule has 1 fully saturated rings. The van der Waals surface area contributed by atoms with Crippen LogP contribution < -0.4 is 0 Å². The van der Waals surface area contributed by atoms with E-state index in [1.807, 2.05) is 13.8 Å². The number of rotatable bonds is 6. The van der Waals surface area contributed by atoms with Crippen molar-refractivity contribution >= 4 is 16.8 Å². The molecule has 0 bridgehead atoms. The average molecular weight is 245 g/mol. The highest BCUT2D eigenvalue weighted by Gasteiger charge is 2.30. The van der Waals surface area contributed by atoms with Crippen LogP contribution in [0.2, 0.25) is 0 Å². The lowest BCUT2D eigenvalue weighted by atomic mass is 10.1. The summed E-state index contributed by atoms with van der Waals surface area (Å²) in [5.74, 6) is 2.46. The molecule has 0 saturated heterocycles. The predicted molar refractivity (Wildman–Crippen MR) is 74.4 cm³/mol. The largest absolute Gasteiger partial charge is 0.339 e. The number of carbonyl (C=O) groups is 1. The van der Waals surface area contributed by atoms with E-state index >= 15 is 0 Å². The normalized spacial score (nSPS) is 18.5. The molecule has 0 aromatic heterocycles. The van der Waals surface area contributed by atoms with Gasteiger partial charge >= 0.3 is 0 Å². The van der Waals surface area contributed by atoms with Crippen LogP contribution in [0.4, 0.5) is 0 Å². The third-order valence-corrected chi connectivity index (χ3v) is 4.35. The SMILES string of the molecule is CC(C)C(=O)N(CC1CC1)[C@H](C)C[SH](C)C. The van der Waals surface area contributed by atoms with E-state index < -0.39 is 0 Å². The molecular formula is C13H27NOS. The first-order valence-electron chi connectivity index (χ1n) is 6.37. The third kappa shape index (κ3) is 4.36. The van der Waals surface area contributed by atoms with Crippen molar-refractivity contribution in [3.63, 3.8) is 0 Å². The Morgan fingerprint density at radius 1 is 1.31 bits per heavy atom. The maximum absolute atomic E-state index is 12.2. The molecule has 1 aliphatic rings. The topological polar surface area (TPSA) is 20.3 Å². The van der Waals surface area contributed by atoms with Gasteiger partial charge in [-0.15, -0.1) is 0 Å². The second-order valence-electron chi connectivity index (χ2n) is 5.70. The van der Waals surface area contributed by atoms with Crippen molar-refractivity contribution in [1.82, 2.24) is 4.90 Å². The standard InChI is InChI=1S/C13H27NOS/c1-10(2)13(15)14(8-12-6-7-12)11(3)9-16(4)5/h10-12,16H,6-9H2,1-5H3/t11-/m1/s1. The molecule has 0 unspecified atom stereocenters. The molecule has 0 N–H and O–H groups in total. The van der Waals surface area contributed by atoms with Gasteiger partial charge in [-0.2, -0.15) is 0 Å². The quantitative estimate of drug-likeness (QED) is 0.713. The van der Waals surface area contributed by atoms with E-state index in [1.165, 1.54) is 18.6 Å². The van der Waals surface area contributed by atoms with Gasteiger partial charge in [0.05, 0.1) is 0 Å². The van der Waals surface area contributed by atoms with E-state index in [1.54, 1.807) is 0 Å². The summed E-state index contributed by atoms with van der Waals surface area (Å²) < 4.78 is 0. The summed E-state index contributed by atoms with van der Waals surface area (Å²) in [6.45, 7) is 7.23. The molecule has 2 nitrogen and oxygen atoms in total. The van der Waals surface area contributed by atoms with Crippen LogP contribution >= 0.6 is 10.9 Å². The Bertz CT molecular complexity index is 236. The Morgan fingerprint density at radius 3 is 2.25 bits per heavy atom. The summed E-state index contributed by atoms with van der Waals surface area (Å²) in [6.07, 6.45) is 7.23. The number of amides is 1. The van der Waals surface area contributed by atoms with Crippen LogP contribution in [-0.4, -0.2) is 41.7 Å². The second kappa shape index (κ2) is 5.95. The molecule has 3 heteroatoms. The van der Waals surface area contributed by atoms with Crippen molar-refractivity contribution in [2.45, 2.75) is 39.7 Å². The monoisotopic (exact) mass is 245 g/mol. The first kappa shape index (κ1) is 13.9. The summed E-state index contributed by atoms with van der Waals surface area (Å²) in [5.41, 5.74) is 0. The number of hydrogen-bond acceptors (Lipinski definition) is 1. The summed E-state index contributed by atoms with van der Waals surface area (Å²) in [4.78, 5) is 14.3. The van der Waals surface area contributed by atoms with Gasteiger partial charge in [0.15, 0.2) is 0 Å². The lowest BCUT2D eigenvalue weighted by molar-refractivity contribution is -0.136. The van der Waals surface area contributed by atoms with Gasteiger partial charge in [-0.1, -0.05) is 13.8 Å². The van der Waals surface area contributed by atoms with Gasteiger partial charge < -0.3 is 4.90 Å². The van der Waals surface area contributed by atoms with E-state index in [0.717, 1.165) is 12.5 Å². The number of carbonyl (C=O) groups excluding carboxylic acids is 1. The summed E-state index contributed by atoms with van der Waals surface area (Å²) >= 11 is 0. The zero-order chi connectivity index (χ0) is 12.3. The smallest absolute Gasteiger partial charge is 0.225 e.